The number of likely N-dealkylation sites (N-methyl/N-ethyl adjacent to an activating group) is 1. The van der Waals surface area contributed by atoms with E-state index in [1.54, 1.807) is 32.2 Å². The van der Waals surface area contributed by atoms with Gasteiger partial charge in [-0.3, -0.25) is 4.79 Å². The summed E-state index contributed by atoms with van der Waals surface area (Å²) in [7, 11) is -1.66. The number of amides is 1. The summed E-state index contributed by atoms with van der Waals surface area (Å²) in [5.41, 5.74) is 1.43. The lowest BCUT2D eigenvalue weighted by Gasteiger charge is -2.17. The van der Waals surface area contributed by atoms with Crippen LogP contribution in [0.4, 0.5) is 0 Å². The van der Waals surface area contributed by atoms with E-state index in [9.17, 15) is 13.2 Å². The Labute approximate surface area is 166 Å². The second kappa shape index (κ2) is 10.1. The summed E-state index contributed by atoms with van der Waals surface area (Å²) in [4.78, 5) is 12.2. The van der Waals surface area contributed by atoms with Crippen molar-refractivity contribution in [1.29, 1.82) is 0 Å². The van der Waals surface area contributed by atoms with Crippen molar-refractivity contribution < 1.29 is 22.7 Å². The molecule has 0 saturated heterocycles. The number of benzene rings is 2. The van der Waals surface area contributed by atoms with Crippen LogP contribution in [0.15, 0.2) is 48.5 Å². The fraction of sp³-hybridized carbons (Fsp3) is 0.350. The standard InChI is InChI=1S/C20H26N2O5S/c1-4-22(28(3,24)25)13-12-21-20(23)17-10-8-16(9-11-17)15-27-19-7-5-6-18(14-19)26-2/h5-11,14H,4,12-13,15H2,1-3H3,(H,21,23). The lowest BCUT2D eigenvalue weighted by molar-refractivity contribution is 0.0951. The van der Waals surface area contributed by atoms with Gasteiger partial charge in [0.2, 0.25) is 10.0 Å². The van der Waals surface area contributed by atoms with Crippen molar-refractivity contribution in [2.45, 2.75) is 13.5 Å². The van der Waals surface area contributed by atoms with Gasteiger partial charge in [-0.05, 0) is 29.8 Å². The van der Waals surface area contributed by atoms with Crippen molar-refractivity contribution in [3.05, 3.63) is 59.7 Å². The second-order valence-corrected chi connectivity index (χ2v) is 8.16. The highest BCUT2D eigenvalue weighted by molar-refractivity contribution is 7.88. The van der Waals surface area contributed by atoms with E-state index < -0.39 is 10.0 Å². The molecule has 0 radical (unpaired) electrons. The highest BCUT2D eigenvalue weighted by atomic mass is 32.2. The molecule has 2 rings (SSSR count). The molecule has 0 saturated carbocycles. The van der Waals surface area contributed by atoms with Crippen LogP contribution in [-0.4, -0.2) is 51.6 Å². The molecule has 8 heteroatoms. The van der Waals surface area contributed by atoms with E-state index >= 15 is 0 Å². The van der Waals surface area contributed by atoms with Gasteiger partial charge in [-0.15, -0.1) is 0 Å². The maximum atomic E-state index is 12.2. The number of carbonyl (C=O) groups excluding carboxylic acids is 1. The first kappa shape index (κ1) is 21.7. The number of hydrogen-bond donors (Lipinski definition) is 1. The maximum Gasteiger partial charge on any atom is 0.251 e. The minimum Gasteiger partial charge on any atom is -0.497 e. The molecular formula is C20H26N2O5S. The summed E-state index contributed by atoms with van der Waals surface area (Å²) in [5, 5.41) is 2.74. The summed E-state index contributed by atoms with van der Waals surface area (Å²) in [5.74, 6) is 1.18. The molecule has 1 amide bonds. The number of carbonyl (C=O) groups is 1. The van der Waals surface area contributed by atoms with Gasteiger partial charge in [-0.2, -0.15) is 0 Å². The van der Waals surface area contributed by atoms with Gasteiger partial charge in [-0.1, -0.05) is 25.1 Å². The Balaban J connectivity index is 1.85. The molecule has 0 aromatic heterocycles. The fourth-order valence-corrected chi connectivity index (χ4v) is 3.46. The number of nitrogens with one attached hydrogen (secondary N) is 1. The number of rotatable bonds is 10. The molecule has 152 valence electrons. The van der Waals surface area contributed by atoms with Gasteiger partial charge in [0.15, 0.2) is 0 Å². The maximum absolute atomic E-state index is 12.2. The zero-order chi connectivity index (χ0) is 20.6. The smallest absolute Gasteiger partial charge is 0.251 e. The quantitative estimate of drug-likeness (QED) is 0.654. The normalized spacial score (nSPS) is 11.3. The van der Waals surface area contributed by atoms with E-state index in [-0.39, 0.29) is 19.0 Å². The molecule has 0 atom stereocenters. The molecule has 0 aliphatic heterocycles. The molecule has 2 aromatic rings. The van der Waals surface area contributed by atoms with E-state index in [0.717, 1.165) is 17.6 Å². The molecule has 0 fully saturated rings. The van der Waals surface area contributed by atoms with Crippen LogP contribution in [0.1, 0.15) is 22.8 Å². The average molecular weight is 407 g/mol. The van der Waals surface area contributed by atoms with Crippen molar-refractivity contribution in [3.8, 4) is 11.5 Å². The van der Waals surface area contributed by atoms with Crippen LogP contribution < -0.4 is 14.8 Å². The zero-order valence-electron chi connectivity index (χ0n) is 16.3. The summed E-state index contributed by atoms with van der Waals surface area (Å²) in [6, 6.07) is 14.4. The molecule has 0 aliphatic carbocycles. The van der Waals surface area contributed by atoms with Crippen LogP contribution in [0.25, 0.3) is 0 Å². The monoisotopic (exact) mass is 406 g/mol. The Morgan fingerprint density at radius 3 is 2.39 bits per heavy atom. The second-order valence-electron chi connectivity index (χ2n) is 6.18. The Bertz CT molecular complexity index is 882. The molecule has 0 unspecified atom stereocenters. The SMILES string of the molecule is CCN(CCNC(=O)c1ccc(COc2cccc(OC)c2)cc1)S(C)(=O)=O. The highest BCUT2D eigenvalue weighted by Crippen LogP contribution is 2.20. The lowest BCUT2D eigenvalue weighted by Crippen LogP contribution is -2.37. The summed E-state index contributed by atoms with van der Waals surface area (Å²) in [6.45, 7) is 2.99. The van der Waals surface area contributed by atoms with Gasteiger partial charge in [0.05, 0.1) is 13.4 Å². The number of nitrogens with zero attached hydrogens (tertiary/aromatic N) is 1. The van der Waals surface area contributed by atoms with Gasteiger partial charge < -0.3 is 14.8 Å². The van der Waals surface area contributed by atoms with Gasteiger partial charge in [-0.25, -0.2) is 12.7 Å². The lowest BCUT2D eigenvalue weighted by atomic mass is 10.1. The Morgan fingerprint density at radius 2 is 1.79 bits per heavy atom. The minimum absolute atomic E-state index is 0.244. The van der Waals surface area contributed by atoms with Crippen LogP contribution in [0, 0.1) is 0 Å². The van der Waals surface area contributed by atoms with E-state index in [1.807, 2.05) is 30.3 Å². The third kappa shape index (κ3) is 6.54. The third-order valence-electron chi connectivity index (χ3n) is 4.13. The fourth-order valence-electron chi connectivity index (χ4n) is 2.56. The van der Waals surface area contributed by atoms with E-state index in [4.69, 9.17) is 9.47 Å². The number of ether oxygens (including phenoxy) is 2. The van der Waals surface area contributed by atoms with Gasteiger partial charge in [0, 0.05) is 31.3 Å². The predicted octanol–water partition coefficient (Wildman–Crippen LogP) is 2.29. The third-order valence-corrected chi connectivity index (χ3v) is 5.51. The van der Waals surface area contributed by atoms with Gasteiger partial charge in [0.1, 0.15) is 18.1 Å². The first-order valence-electron chi connectivity index (χ1n) is 8.92. The Hall–Kier alpha value is -2.58. The molecular weight excluding hydrogens is 380 g/mol. The Morgan fingerprint density at radius 1 is 1.11 bits per heavy atom. The molecule has 2 aromatic carbocycles. The van der Waals surface area contributed by atoms with Gasteiger partial charge in [0.25, 0.3) is 5.91 Å². The molecule has 0 bridgehead atoms. The van der Waals surface area contributed by atoms with Gasteiger partial charge >= 0.3 is 0 Å². The number of hydrogen-bond acceptors (Lipinski definition) is 5. The topological polar surface area (TPSA) is 84.9 Å². The molecule has 0 heterocycles. The summed E-state index contributed by atoms with van der Waals surface area (Å²) < 4.78 is 35.3. The molecule has 0 spiro atoms. The zero-order valence-corrected chi connectivity index (χ0v) is 17.2. The largest absolute Gasteiger partial charge is 0.497 e. The van der Waals surface area contributed by atoms with Crippen LogP contribution in [0.2, 0.25) is 0 Å². The van der Waals surface area contributed by atoms with E-state index in [1.165, 1.54) is 4.31 Å². The first-order chi connectivity index (χ1) is 13.3. The van der Waals surface area contributed by atoms with E-state index in [2.05, 4.69) is 5.32 Å². The van der Waals surface area contributed by atoms with Crippen molar-refractivity contribution in [2.24, 2.45) is 0 Å². The summed E-state index contributed by atoms with van der Waals surface area (Å²) >= 11 is 0. The van der Waals surface area contributed by atoms with Crippen molar-refractivity contribution in [2.75, 3.05) is 33.0 Å². The molecule has 7 nitrogen and oxygen atoms in total. The Kier molecular flexibility index (Phi) is 7.83. The predicted molar refractivity (Wildman–Crippen MR) is 108 cm³/mol. The van der Waals surface area contributed by atoms with E-state index in [0.29, 0.717) is 24.5 Å². The molecule has 0 aliphatic rings. The van der Waals surface area contributed by atoms with Crippen LogP contribution in [0.3, 0.4) is 0 Å². The van der Waals surface area contributed by atoms with Crippen LogP contribution >= 0.6 is 0 Å². The summed E-state index contributed by atoms with van der Waals surface area (Å²) in [6.07, 6.45) is 1.16. The highest BCUT2D eigenvalue weighted by Gasteiger charge is 2.14. The number of sulfonamides is 1. The van der Waals surface area contributed by atoms with Crippen LogP contribution in [-0.2, 0) is 16.6 Å². The van der Waals surface area contributed by atoms with Crippen molar-refractivity contribution >= 4 is 15.9 Å². The van der Waals surface area contributed by atoms with Crippen molar-refractivity contribution in [1.82, 2.24) is 9.62 Å². The first-order valence-corrected chi connectivity index (χ1v) is 10.8. The minimum atomic E-state index is -3.26. The molecule has 1 N–H and O–H groups in total. The average Bonchev–Trinajstić information content (AvgIpc) is 2.69. The number of methoxy groups -OCH3 is 1. The van der Waals surface area contributed by atoms with Crippen LogP contribution in [0.5, 0.6) is 11.5 Å². The molecule has 28 heavy (non-hydrogen) atoms. The van der Waals surface area contributed by atoms with Crippen molar-refractivity contribution in [3.63, 3.8) is 0 Å².